The zero-order valence-corrected chi connectivity index (χ0v) is 8.93. The molecule has 0 aromatic carbocycles. The average molecular weight is 213 g/mol. The van der Waals surface area contributed by atoms with Gasteiger partial charge in [0, 0.05) is 38.8 Å². The molecule has 2 fully saturated rings. The Labute approximate surface area is 89.8 Å². The number of nitrogens with zero attached hydrogens (tertiary/aromatic N) is 2. The molecule has 1 aliphatic carbocycles. The van der Waals surface area contributed by atoms with Crippen LogP contribution in [0.25, 0.3) is 0 Å². The molecule has 2 rings (SSSR count). The second-order valence-electron chi connectivity index (χ2n) is 4.39. The molecule has 0 spiro atoms. The molecule has 0 aromatic heterocycles. The van der Waals surface area contributed by atoms with Crippen molar-refractivity contribution >= 4 is 5.97 Å². The number of carboxylic acid groups (broad SMARTS) is 1. The third-order valence-electron chi connectivity index (χ3n) is 3.36. The third-order valence-corrected chi connectivity index (χ3v) is 3.36. The van der Waals surface area contributed by atoms with Gasteiger partial charge in [0.2, 0.25) is 0 Å². The lowest BCUT2D eigenvalue weighted by atomic mass is 10.2. The van der Waals surface area contributed by atoms with E-state index < -0.39 is 12.0 Å². The van der Waals surface area contributed by atoms with E-state index in [4.69, 9.17) is 10.8 Å². The molecule has 0 bridgehead atoms. The normalized spacial score (nSPS) is 26.5. The van der Waals surface area contributed by atoms with Crippen molar-refractivity contribution in [2.75, 3.05) is 32.7 Å². The number of hydrogen-bond acceptors (Lipinski definition) is 4. The number of rotatable bonds is 4. The highest BCUT2D eigenvalue weighted by Gasteiger charge is 2.34. The van der Waals surface area contributed by atoms with Crippen LogP contribution in [0, 0.1) is 0 Å². The topological polar surface area (TPSA) is 69.8 Å². The molecule has 0 aromatic rings. The van der Waals surface area contributed by atoms with Crippen LogP contribution in [-0.2, 0) is 4.79 Å². The lowest BCUT2D eigenvalue weighted by molar-refractivity contribution is -0.143. The van der Waals surface area contributed by atoms with Crippen LogP contribution < -0.4 is 5.73 Å². The number of aliphatic carboxylic acids is 1. The van der Waals surface area contributed by atoms with Crippen molar-refractivity contribution in [3.05, 3.63) is 0 Å². The minimum absolute atomic E-state index is 0.207. The van der Waals surface area contributed by atoms with Crippen molar-refractivity contribution in [3.8, 4) is 0 Å². The fraction of sp³-hybridized carbons (Fsp3) is 0.900. The minimum Gasteiger partial charge on any atom is -0.480 e. The van der Waals surface area contributed by atoms with E-state index in [0.29, 0.717) is 0 Å². The molecule has 0 amide bonds. The van der Waals surface area contributed by atoms with Crippen molar-refractivity contribution < 1.29 is 9.90 Å². The minimum atomic E-state index is -0.794. The summed E-state index contributed by atoms with van der Waals surface area (Å²) in [4.78, 5) is 15.4. The predicted octanol–water partition coefficient (Wildman–Crippen LogP) is -0.822. The lowest BCUT2D eigenvalue weighted by Gasteiger charge is -2.37. The largest absolute Gasteiger partial charge is 0.480 e. The fourth-order valence-electron chi connectivity index (χ4n) is 2.26. The van der Waals surface area contributed by atoms with Gasteiger partial charge in [0.05, 0.1) is 0 Å². The molecule has 1 unspecified atom stereocenters. The highest BCUT2D eigenvalue weighted by Crippen LogP contribution is 2.27. The molecule has 1 saturated carbocycles. The van der Waals surface area contributed by atoms with E-state index in [1.165, 1.54) is 12.8 Å². The van der Waals surface area contributed by atoms with Crippen molar-refractivity contribution in [2.24, 2.45) is 5.73 Å². The lowest BCUT2D eigenvalue weighted by Crippen LogP contribution is -2.55. The number of nitrogens with two attached hydrogens (primary N) is 1. The highest BCUT2D eigenvalue weighted by atomic mass is 16.4. The third kappa shape index (κ3) is 2.48. The number of hydrogen-bond donors (Lipinski definition) is 2. The Morgan fingerprint density at radius 2 is 1.93 bits per heavy atom. The molecule has 1 saturated heterocycles. The summed E-state index contributed by atoms with van der Waals surface area (Å²) in [5, 5.41) is 8.98. The van der Waals surface area contributed by atoms with Crippen molar-refractivity contribution in [3.63, 3.8) is 0 Å². The van der Waals surface area contributed by atoms with Crippen molar-refractivity contribution in [1.82, 2.24) is 9.80 Å². The molecular formula is C10H19N3O2. The summed E-state index contributed by atoms with van der Waals surface area (Å²) in [5.41, 5.74) is 5.48. The summed E-state index contributed by atoms with van der Waals surface area (Å²) < 4.78 is 0. The predicted molar refractivity (Wildman–Crippen MR) is 56.6 cm³/mol. The summed E-state index contributed by atoms with van der Waals surface area (Å²) in [7, 11) is 0. The summed E-state index contributed by atoms with van der Waals surface area (Å²) in [6.07, 6.45) is 2.64. The molecule has 2 aliphatic rings. The van der Waals surface area contributed by atoms with Gasteiger partial charge in [-0.3, -0.25) is 14.6 Å². The smallest absolute Gasteiger partial charge is 0.322 e. The van der Waals surface area contributed by atoms with Crippen molar-refractivity contribution in [1.29, 1.82) is 0 Å². The molecule has 1 atom stereocenters. The molecule has 1 aliphatic heterocycles. The molecule has 5 heteroatoms. The van der Waals surface area contributed by atoms with Crippen LogP contribution in [0.15, 0.2) is 0 Å². The van der Waals surface area contributed by atoms with Crippen LogP contribution in [0.3, 0.4) is 0 Å². The molecule has 0 radical (unpaired) electrons. The second kappa shape index (κ2) is 4.47. The fourth-order valence-corrected chi connectivity index (χ4v) is 2.26. The summed E-state index contributed by atoms with van der Waals surface area (Å²) in [6, 6.07) is 0.291. The van der Waals surface area contributed by atoms with Gasteiger partial charge in [0.25, 0.3) is 0 Å². The maximum absolute atomic E-state index is 10.9. The summed E-state index contributed by atoms with van der Waals surface area (Å²) in [6.45, 7) is 3.87. The van der Waals surface area contributed by atoms with Crippen LogP contribution >= 0.6 is 0 Å². The van der Waals surface area contributed by atoms with Crippen LogP contribution in [-0.4, -0.2) is 65.7 Å². The molecular weight excluding hydrogens is 194 g/mol. The van der Waals surface area contributed by atoms with E-state index >= 15 is 0 Å². The van der Waals surface area contributed by atoms with Gasteiger partial charge in [-0.2, -0.15) is 0 Å². The molecule has 1 heterocycles. The maximum Gasteiger partial charge on any atom is 0.322 e. The Hall–Kier alpha value is -0.650. The van der Waals surface area contributed by atoms with Gasteiger partial charge in [-0.15, -0.1) is 0 Å². The first-order chi connectivity index (χ1) is 7.22. The number of carbonyl (C=O) groups is 1. The first kappa shape index (κ1) is 10.9. The number of carboxylic acids is 1. The quantitative estimate of drug-likeness (QED) is 0.638. The van der Waals surface area contributed by atoms with Crippen molar-refractivity contribution in [2.45, 2.75) is 24.9 Å². The van der Waals surface area contributed by atoms with Crippen LogP contribution in [0.5, 0.6) is 0 Å². The zero-order chi connectivity index (χ0) is 10.8. The Morgan fingerprint density at radius 3 is 2.33 bits per heavy atom. The SMILES string of the molecule is NCC(C(=O)O)N1CCN(C2CC2)CC1. The highest BCUT2D eigenvalue weighted by molar-refractivity contribution is 5.73. The molecule has 5 nitrogen and oxygen atoms in total. The van der Waals surface area contributed by atoms with Gasteiger partial charge in [-0.05, 0) is 12.8 Å². The van der Waals surface area contributed by atoms with Gasteiger partial charge in [0.15, 0.2) is 0 Å². The second-order valence-corrected chi connectivity index (χ2v) is 4.39. The standard InChI is InChI=1S/C10H19N3O2/c11-7-9(10(14)15)13-5-3-12(4-6-13)8-1-2-8/h8-9H,1-7,11H2,(H,14,15). The number of piperazine rings is 1. The summed E-state index contributed by atoms with van der Waals surface area (Å²) in [5.74, 6) is -0.794. The van der Waals surface area contributed by atoms with E-state index in [1.807, 2.05) is 4.90 Å². The van der Waals surface area contributed by atoms with E-state index in [2.05, 4.69) is 4.90 Å². The van der Waals surface area contributed by atoms with Gasteiger partial charge in [-0.1, -0.05) is 0 Å². The van der Waals surface area contributed by atoms with Gasteiger partial charge >= 0.3 is 5.97 Å². The molecule has 86 valence electrons. The zero-order valence-electron chi connectivity index (χ0n) is 8.93. The Kier molecular flexibility index (Phi) is 3.23. The van der Waals surface area contributed by atoms with E-state index in [-0.39, 0.29) is 6.54 Å². The van der Waals surface area contributed by atoms with E-state index in [0.717, 1.165) is 32.2 Å². The first-order valence-corrected chi connectivity index (χ1v) is 5.63. The van der Waals surface area contributed by atoms with E-state index in [1.54, 1.807) is 0 Å². The monoisotopic (exact) mass is 213 g/mol. The Bertz CT molecular complexity index is 235. The average Bonchev–Trinajstić information content (AvgIpc) is 3.03. The van der Waals surface area contributed by atoms with Crippen LogP contribution in [0.4, 0.5) is 0 Å². The van der Waals surface area contributed by atoms with Gasteiger partial charge in [0.1, 0.15) is 6.04 Å². The van der Waals surface area contributed by atoms with Crippen LogP contribution in [0.2, 0.25) is 0 Å². The Morgan fingerprint density at radius 1 is 1.33 bits per heavy atom. The summed E-state index contributed by atoms with van der Waals surface area (Å²) >= 11 is 0. The van der Waals surface area contributed by atoms with Crippen LogP contribution in [0.1, 0.15) is 12.8 Å². The van der Waals surface area contributed by atoms with Gasteiger partial charge in [-0.25, -0.2) is 0 Å². The molecule has 3 N–H and O–H groups in total. The molecule has 15 heavy (non-hydrogen) atoms. The maximum atomic E-state index is 10.9. The Balaban J connectivity index is 1.83. The van der Waals surface area contributed by atoms with E-state index in [9.17, 15) is 4.79 Å². The van der Waals surface area contributed by atoms with Gasteiger partial charge < -0.3 is 10.8 Å². The first-order valence-electron chi connectivity index (χ1n) is 5.63.